The fourth-order valence-electron chi connectivity index (χ4n) is 2.56. The third-order valence-corrected chi connectivity index (χ3v) is 3.32. The van der Waals surface area contributed by atoms with E-state index in [0.717, 1.165) is 6.42 Å². The van der Waals surface area contributed by atoms with Gasteiger partial charge >= 0.3 is 0 Å². The van der Waals surface area contributed by atoms with Crippen LogP contribution in [0.15, 0.2) is 60.7 Å². The van der Waals surface area contributed by atoms with Crippen LogP contribution in [0.2, 0.25) is 0 Å². The average Bonchev–Trinajstić information content (AvgIpc) is 2.68. The predicted molar refractivity (Wildman–Crippen MR) is 68.6 cm³/mol. The van der Waals surface area contributed by atoms with Gasteiger partial charge in [-0.2, -0.15) is 0 Å². The van der Waals surface area contributed by atoms with Gasteiger partial charge in [-0.1, -0.05) is 42.5 Å². The van der Waals surface area contributed by atoms with E-state index in [-0.39, 0.29) is 0 Å². The summed E-state index contributed by atoms with van der Waals surface area (Å²) in [5, 5.41) is 3.54. The van der Waals surface area contributed by atoms with Gasteiger partial charge in [0.25, 0.3) is 0 Å². The van der Waals surface area contributed by atoms with Crippen LogP contribution in [0.3, 0.4) is 0 Å². The van der Waals surface area contributed by atoms with Crippen molar-refractivity contribution in [3.8, 4) is 0 Å². The maximum absolute atomic E-state index is 3.79. The van der Waals surface area contributed by atoms with Crippen molar-refractivity contribution in [1.82, 2.24) is 0 Å². The van der Waals surface area contributed by atoms with Gasteiger partial charge in [0, 0.05) is 11.6 Å². The van der Waals surface area contributed by atoms with Crippen molar-refractivity contribution >= 4 is 5.69 Å². The van der Waals surface area contributed by atoms with Crippen LogP contribution in [0.4, 0.5) is 5.69 Å². The van der Waals surface area contributed by atoms with Crippen molar-refractivity contribution in [2.45, 2.75) is 18.4 Å². The molecule has 1 heterocycles. The second-order valence-electron chi connectivity index (χ2n) is 4.38. The molecule has 0 fully saturated rings. The Labute approximate surface area is 96.2 Å². The van der Waals surface area contributed by atoms with Gasteiger partial charge in [-0.15, -0.1) is 6.58 Å². The lowest BCUT2D eigenvalue weighted by Gasteiger charge is -2.19. The molecule has 2 atom stereocenters. The average molecular weight is 209 g/mol. The summed E-state index contributed by atoms with van der Waals surface area (Å²) in [6.07, 6.45) is 9.77. The zero-order valence-corrected chi connectivity index (χ0v) is 9.19. The molecule has 16 heavy (non-hydrogen) atoms. The highest BCUT2D eigenvalue weighted by Gasteiger charge is 2.30. The van der Waals surface area contributed by atoms with E-state index in [1.165, 1.54) is 16.8 Å². The van der Waals surface area contributed by atoms with E-state index in [2.05, 4.69) is 54.4 Å². The Balaban J connectivity index is 1.99. The molecule has 0 amide bonds. The molecule has 1 nitrogen and oxygen atoms in total. The maximum atomic E-state index is 3.79. The molecule has 0 saturated heterocycles. The molecule has 2 unspecified atom stereocenters. The molecule has 1 aliphatic heterocycles. The highest BCUT2D eigenvalue weighted by molar-refractivity contribution is 5.63. The Hall–Kier alpha value is -1.76. The number of fused-ring (bicyclic) bond motifs is 3. The topological polar surface area (TPSA) is 12.0 Å². The monoisotopic (exact) mass is 209 g/mol. The fourth-order valence-corrected chi connectivity index (χ4v) is 2.56. The Kier molecular flexibility index (Phi) is 2.17. The number of anilines is 1. The minimum atomic E-state index is 0.436. The Morgan fingerprint density at radius 2 is 2.19 bits per heavy atom. The summed E-state index contributed by atoms with van der Waals surface area (Å²) in [5.74, 6) is 0.496. The Bertz CT molecular complexity index is 482. The van der Waals surface area contributed by atoms with Crippen LogP contribution in [0.5, 0.6) is 0 Å². The van der Waals surface area contributed by atoms with Gasteiger partial charge in [-0.05, 0) is 23.6 Å². The number of hydrogen-bond acceptors (Lipinski definition) is 1. The largest absolute Gasteiger partial charge is 0.378 e. The van der Waals surface area contributed by atoms with Crippen LogP contribution in [0.25, 0.3) is 0 Å². The van der Waals surface area contributed by atoms with Crippen molar-refractivity contribution in [1.29, 1.82) is 0 Å². The first-order valence-corrected chi connectivity index (χ1v) is 5.74. The molecule has 0 aromatic heterocycles. The molecule has 1 N–H and O–H groups in total. The van der Waals surface area contributed by atoms with Gasteiger partial charge in [-0.25, -0.2) is 0 Å². The van der Waals surface area contributed by atoms with Crippen molar-refractivity contribution in [2.24, 2.45) is 0 Å². The van der Waals surface area contributed by atoms with Gasteiger partial charge < -0.3 is 5.32 Å². The molecule has 1 aliphatic carbocycles. The highest BCUT2D eigenvalue weighted by atomic mass is 15.0. The summed E-state index contributed by atoms with van der Waals surface area (Å²) in [6.45, 7) is 3.79. The number of rotatable bonds is 2. The summed E-state index contributed by atoms with van der Waals surface area (Å²) in [6, 6.07) is 9.01. The molecule has 80 valence electrons. The summed E-state index contributed by atoms with van der Waals surface area (Å²) in [4.78, 5) is 0. The number of hydrogen-bond donors (Lipinski definition) is 1. The lowest BCUT2D eigenvalue weighted by Crippen LogP contribution is -2.18. The van der Waals surface area contributed by atoms with Gasteiger partial charge in [0.1, 0.15) is 0 Å². The first-order valence-electron chi connectivity index (χ1n) is 5.74. The molecule has 3 rings (SSSR count). The van der Waals surface area contributed by atoms with Crippen LogP contribution in [-0.4, -0.2) is 6.04 Å². The first kappa shape index (κ1) is 9.46. The molecule has 0 spiro atoms. The van der Waals surface area contributed by atoms with Crippen LogP contribution in [-0.2, 0) is 0 Å². The molecule has 0 radical (unpaired) electrons. The van der Waals surface area contributed by atoms with Crippen LogP contribution >= 0.6 is 0 Å². The normalized spacial score (nSPS) is 25.4. The SMILES string of the molecule is C=CCC1=CC2c3ccccc3NC2C=C1. The number of nitrogens with one attached hydrogen (secondary N) is 1. The van der Waals surface area contributed by atoms with Crippen molar-refractivity contribution in [3.63, 3.8) is 0 Å². The van der Waals surface area contributed by atoms with E-state index in [0.29, 0.717) is 12.0 Å². The van der Waals surface area contributed by atoms with E-state index < -0.39 is 0 Å². The highest BCUT2D eigenvalue weighted by Crippen LogP contribution is 2.40. The van der Waals surface area contributed by atoms with Gasteiger partial charge in [0.15, 0.2) is 0 Å². The second kappa shape index (κ2) is 3.67. The molecule has 2 aliphatic rings. The van der Waals surface area contributed by atoms with E-state index in [9.17, 15) is 0 Å². The van der Waals surface area contributed by atoms with Crippen LogP contribution in [0, 0.1) is 0 Å². The number of allylic oxidation sites excluding steroid dienone is 3. The predicted octanol–water partition coefficient (Wildman–Crippen LogP) is 3.64. The van der Waals surface area contributed by atoms with Crippen molar-refractivity contribution < 1.29 is 0 Å². The Morgan fingerprint density at radius 1 is 1.31 bits per heavy atom. The van der Waals surface area contributed by atoms with E-state index in [4.69, 9.17) is 0 Å². The van der Waals surface area contributed by atoms with Gasteiger partial charge in [-0.3, -0.25) is 0 Å². The molecule has 0 bridgehead atoms. The molecule has 1 aromatic rings. The minimum Gasteiger partial charge on any atom is -0.378 e. The second-order valence-corrected chi connectivity index (χ2v) is 4.38. The summed E-state index contributed by atoms with van der Waals surface area (Å²) in [7, 11) is 0. The van der Waals surface area contributed by atoms with Crippen molar-refractivity contribution in [2.75, 3.05) is 5.32 Å². The van der Waals surface area contributed by atoms with E-state index in [1.807, 2.05) is 6.08 Å². The molecule has 0 saturated carbocycles. The summed E-state index contributed by atoms with van der Waals surface area (Å²) < 4.78 is 0. The molecule has 1 aromatic carbocycles. The standard InChI is InChI=1S/C15H15N/c1-2-5-11-8-9-15-13(10-11)12-6-3-4-7-14(12)16-15/h2-4,6-10,13,15-16H,1,5H2. The molecular weight excluding hydrogens is 194 g/mol. The van der Waals surface area contributed by atoms with Crippen molar-refractivity contribution in [3.05, 3.63) is 66.3 Å². The zero-order valence-electron chi connectivity index (χ0n) is 9.19. The third kappa shape index (κ3) is 1.40. The lowest BCUT2D eigenvalue weighted by atomic mass is 9.88. The lowest BCUT2D eigenvalue weighted by molar-refractivity contribution is 0.793. The third-order valence-electron chi connectivity index (χ3n) is 3.32. The number of benzene rings is 1. The summed E-state index contributed by atoms with van der Waals surface area (Å²) in [5.41, 5.74) is 4.06. The number of para-hydroxylation sites is 1. The molecular formula is C15H15N. The van der Waals surface area contributed by atoms with E-state index >= 15 is 0 Å². The van der Waals surface area contributed by atoms with Gasteiger partial charge in [0.2, 0.25) is 0 Å². The molecule has 1 heteroatoms. The summed E-state index contributed by atoms with van der Waals surface area (Å²) >= 11 is 0. The van der Waals surface area contributed by atoms with Gasteiger partial charge in [0.05, 0.1) is 6.04 Å². The van der Waals surface area contributed by atoms with E-state index in [1.54, 1.807) is 0 Å². The fraction of sp³-hybridized carbons (Fsp3) is 0.200. The maximum Gasteiger partial charge on any atom is 0.0552 e. The first-order chi connectivity index (χ1) is 7.88. The smallest absolute Gasteiger partial charge is 0.0552 e. The van der Waals surface area contributed by atoms with Crippen LogP contribution in [0.1, 0.15) is 17.9 Å². The van der Waals surface area contributed by atoms with Crippen LogP contribution < -0.4 is 5.32 Å². The quantitative estimate of drug-likeness (QED) is 0.733. The Morgan fingerprint density at radius 3 is 3.06 bits per heavy atom. The zero-order chi connectivity index (χ0) is 11.0. The minimum absolute atomic E-state index is 0.436.